The van der Waals surface area contributed by atoms with Crippen molar-refractivity contribution in [2.45, 2.75) is 26.1 Å². The molecule has 11 heteroatoms. The Labute approximate surface area is 167 Å². The van der Waals surface area contributed by atoms with Gasteiger partial charge < -0.3 is 9.72 Å². The fourth-order valence-electron chi connectivity index (χ4n) is 2.57. The normalized spacial score (nSPS) is 11.2. The second-order valence-electron chi connectivity index (χ2n) is 6.10. The monoisotopic (exact) mass is 417 g/mol. The minimum absolute atomic E-state index is 0.0548. The van der Waals surface area contributed by atoms with Gasteiger partial charge in [-0.2, -0.15) is 18.4 Å². The number of nitriles is 1. The van der Waals surface area contributed by atoms with E-state index in [0.717, 1.165) is 4.57 Å². The Morgan fingerprint density at radius 1 is 1.23 bits per heavy atom. The van der Waals surface area contributed by atoms with Crippen LogP contribution in [-0.4, -0.2) is 19.5 Å². The largest absolute Gasteiger partial charge is 0.448 e. The molecule has 1 aromatic carbocycles. The molecule has 0 fully saturated rings. The molecule has 1 N–H and O–H groups in total. The van der Waals surface area contributed by atoms with Gasteiger partial charge in [-0.1, -0.05) is 19.1 Å². The zero-order chi connectivity index (χ0) is 21.9. The van der Waals surface area contributed by atoms with Gasteiger partial charge in [-0.05, 0) is 12.1 Å². The molecule has 0 aliphatic heterocycles. The van der Waals surface area contributed by atoms with Gasteiger partial charge in [0.05, 0.1) is 24.0 Å². The summed E-state index contributed by atoms with van der Waals surface area (Å²) in [5, 5.41) is 9.12. The molecule has 0 atom stereocenters. The number of aromatic nitrogens is 4. The van der Waals surface area contributed by atoms with E-state index in [0.29, 0.717) is 18.6 Å². The summed E-state index contributed by atoms with van der Waals surface area (Å²) in [4.78, 5) is 34.7. The number of nitrogens with zero attached hydrogens (tertiary/aromatic N) is 4. The molecule has 3 aromatic rings. The summed E-state index contributed by atoms with van der Waals surface area (Å²) in [6.45, 7) is 1.41. The third-order valence-corrected chi connectivity index (χ3v) is 4.09. The Morgan fingerprint density at radius 2 is 1.97 bits per heavy atom. The average molecular weight is 417 g/mol. The number of aryl methyl sites for hydroxylation is 1. The second kappa shape index (κ2) is 8.20. The summed E-state index contributed by atoms with van der Waals surface area (Å²) in [7, 11) is 0. The van der Waals surface area contributed by atoms with E-state index >= 15 is 0 Å². The summed E-state index contributed by atoms with van der Waals surface area (Å²) in [6.07, 6.45) is -2.57. The maximum absolute atomic E-state index is 13.4. The molecule has 0 aliphatic rings. The molecule has 0 bridgehead atoms. The molecule has 3 rings (SSSR count). The lowest BCUT2D eigenvalue weighted by Gasteiger charge is -2.15. The predicted octanol–water partition coefficient (Wildman–Crippen LogP) is 2.62. The number of benzene rings is 1. The molecule has 0 aliphatic carbocycles. The van der Waals surface area contributed by atoms with Crippen LogP contribution >= 0.6 is 0 Å². The molecule has 154 valence electrons. The van der Waals surface area contributed by atoms with Gasteiger partial charge in [0, 0.05) is 12.6 Å². The van der Waals surface area contributed by atoms with Gasteiger partial charge in [-0.15, -0.1) is 0 Å². The van der Waals surface area contributed by atoms with E-state index < -0.39 is 28.7 Å². The van der Waals surface area contributed by atoms with E-state index in [1.54, 1.807) is 13.0 Å². The number of hydrogen-bond acceptors (Lipinski definition) is 6. The smallest absolute Gasteiger partial charge is 0.437 e. The SMILES string of the molecule is CCc1ncc(Cn2cnc(C(F)(F)F)c(Oc3ccccc3C#N)c2=O)c(=O)[nH]1. The number of alkyl halides is 3. The van der Waals surface area contributed by atoms with Crippen LogP contribution in [0.2, 0.25) is 0 Å². The van der Waals surface area contributed by atoms with Crippen molar-refractivity contribution in [1.82, 2.24) is 19.5 Å². The predicted molar refractivity (Wildman–Crippen MR) is 98.1 cm³/mol. The average Bonchev–Trinajstić information content (AvgIpc) is 2.71. The van der Waals surface area contributed by atoms with Crippen LogP contribution in [0, 0.1) is 11.3 Å². The molecule has 8 nitrogen and oxygen atoms in total. The molecule has 2 aromatic heterocycles. The first-order valence-corrected chi connectivity index (χ1v) is 8.65. The van der Waals surface area contributed by atoms with E-state index in [-0.39, 0.29) is 23.4 Å². The molecule has 0 amide bonds. The molecule has 0 saturated carbocycles. The third kappa shape index (κ3) is 4.22. The Morgan fingerprint density at radius 3 is 2.60 bits per heavy atom. The first kappa shape index (κ1) is 20.8. The molecular formula is C19H14F3N5O3. The van der Waals surface area contributed by atoms with Crippen LogP contribution in [0.25, 0.3) is 0 Å². The summed E-state index contributed by atoms with van der Waals surface area (Å²) in [5.41, 5.74) is -3.23. The third-order valence-electron chi connectivity index (χ3n) is 4.09. The van der Waals surface area contributed by atoms with Crippen LogP contribution in [0.4, 0.5) is 13.2 Å². The highest BCUT2D eigenvalue weighted by Gasteiger charge is 2.39. The number of ether oxygens (including phenoxy) is 1. The topological polar surface area (TPSA) is 114 Å². The van der Waals surface area contributed by atoms with Gasteiger partial charge in [0.15, 0.2) is 5.69 Å². The van der Waals surface area contributed by atoms with Gasteiger partial charge in [-0.25, -0.2) is 9.97 Å². The number of rotatable bonds is 5. The maximum Gasteiger partial charge on any atom is 0.437 e. The zero-order valence-corrected chi connectivity index (χ0v) is 15.5. The highest BCUT2D eigenvalue weighted by Crippen LogP contribution is 2.35. The van der Waals surface area contributed by atoms with Crippen molar-refractivity contribution < 1.29 is 17.9 Å². The molecule has 0 radical (unpaired) electrons. The summed E-state index contributed by atoms with van der Waals surface area (Å²) in [5.74, 6) is -0.894. The van der Waals surface area contributed by atoms with Crippen molar-refractivity contribution in [2.24, 2.45) is 0 Å². The van der Waals surface area contributed by atoms with Crippen LogP contribution < -0.4 is 15.9 Å². The molecular weight excluding hydrogens is 403 g/mol. The minimum atomic E-state index is -4.98. The Balaban J connectivity index is 2.10. The van der Waals surface area contributed by atoms with E-state index in [9.17, 15) is 22.8 Å². The number of halogens is 3. The van der Waals surface area contributed by atoms with Crippen molar-refractivity contribution in [3.8, 4) is 17.6 Å². The highest BCUT2D eigenvalue weighted by atomic mass is 19.4. The van der Waals surface area contributed by atoms with Crippen molar-refractivity contribution in [2.75, 3.05) is 0 Å². The zero-order valence-electron chi connectivity index (χ0n) is 15.5. The second-order valence-corrected chi connectivity index (χ2v) is 6.10. The molecule has 0 saturated heterocycles. The van der Waals surface area contributed by atoms with E-state index in [4.69, 9.17) is 10.00 Å². The first-order chi connectivity index (χ1) is 14.2. The highest BCUT2D eigenvalue weighted by molar-refractivity contribution is 5.45. The fourth-order valence-corrected chi connectivity index (χ4v) is 2.57. The van der Waals surface area contributed by atoms with Crippen LogP contribution in [-0.2, 0) is 19.1 Å². The number of H-pyrrole nitrogens is 1. The van der Waals surface area contributed by atoms with Gasteiger partial charge in [0.1, 0.15) is 17.6 Å². The van der Waals surface area contributed by atoms with Crippen molar-refractivity contribution in [3.63, 3.8) is 0 Å². The maximum atomic E-state index is 13.4. The van der Waals surface area contributed by atoms with Gasteiger partial charge in [0.25, 0.3) is 11.1 Å². The summed E-state index contributed by atoms with van der Waals surface area (Å²) < 4.78 is 46.2. The lowest BCUT2D eigenvalue weighted by molar-refractivity contribution is -0.142. The lowest BCUT2D eigenvalue weighted by Crippen LogP contribution is -2.29. The van der Waals surface area contributed by atoms with Gasteiger partial charge in [0.2, 0.25) is 5.75 Å². The number of hydrogen-bond donors (Lipinski definition) is 1. The van der Waals surface area contributed by atoms with Crippen molar-refractivity contribution in [1.29, 1.82) is 5.26 Å². The Kier molecular flexibility index (Phi) is 5.68. The van der Waals surface area contributed by atoms with Crippen LogP contribution in [0.3, 0.4) is 0 Å². The van der Waals surface area contributed by atoms with Gasteiger partial charge in [-0.3, -0.25) is 14.2 Å². The summed E-state index contributed by atoms with van der Waals surface area (Å²) >= 11 is 0. The number of para-hydroxylation sites is 1. The van der Waals surface area contributed by atoms with E-state index in [1.165, 1.54) is 30.5 Å². The first-order valence-electron chi connectivity index (χ1n) is 8.65. The minimum Gasteiger partial charge on any atom is -0.448 e. The lowest BCUT2D eigenvalue weighted by atomic mass is 10.2. The quantitative estimate of drug-likeness (QED) is 0.683. The van der Waals surface area contributed by atoms with Crippen LogP contribution in [0.1, 0.15) is 29.6 Å². The van der Waals surface area contributed by atoms with Crippen LogP contribution in [0.5, 0.6) is 11.5 Å². The Hall–Kier alpha value is -3.94. The molecule has 2 heterocycles. The fraction of sp³-hybridized carbons (Fsp3) is 0.211. The van der Waals surface area contributed by atoms with E-state index in [2.05, 4.69) is 15.0 Å². The van der Waals surface area contributed by atoms with Crippen molar-refractivity contribution >= 4 is 0 Å². The number of nitrogens with one attached hydrogen (secondary N) is 1. The number of aromatic amines is 1. The molecule has 30 heavy (non-hydrogen) atoms. The Bertz CT molecular complexity index is 1240. The van der Waals surface area contributed by atoms with Crippen molar-refractivity contribution in [3.05, 3.63) is 80.1 Å². The molecule has 0 unspecified atom stereocenters. The molecule has 0 spiro atoms. The van der Waals surface area contributed by atoms with E-state index in [1.807, 2.05) is 0 Å². The van der Waals surface area contributed by atoms with Crippen LogP contribution in [0.15, 0.2) is 46.4 Å². The summed E-state index contributed by atoms with van der Waals surface area (Å²) in [6, 6.07) is 7.31. The standard InChI is InChI=1S/C19H14F3N5O3/c1-2-14-24-8-12(17(28)26-14)9-27-10-25-16(19(20,21)22)15(18(27)29)30-13-6-4-3-5-11(13)7-23/h3-6,8,10H,2,9H2,1H3,(H,24,26,28). The van der Waals surface area contributed by atoms with Gasteiger partial charge >= 0.3 is 6.18 Å².